The van der Waals surface area contributed by atoms with Gasteiger partial charge in [-0.2, -0.15) is 0 Å². The largest absolute Gasteiger partial charge is 0.384 e. The molecule has 0 aliphatic heterocycles. The van der Waals surface area contributed by atoms with Crippen molar-refractivity contribution in [2.45, 2.75) is 20.0 Å². The lowest BCUT2D eigenvalue weighted by atomic mass is 10.2. The van der Waals surface area contributed by atoms with Crippen LogP contribution in [0.25, 0.3) is 0 Å². The number of thiophene rings is 1. The molecule has 0 spiro atoms. The molecule has 104 valence electrons. The van der Waals surface area contributed by atoms with Crippen molar-refractivity contribution in [1.29, 1.82) is 0 Å². The van der Waals surface area contributed by atoms with E-state index < -0.39 is 0 Å². The smallest absolute Gasteiger partial charge is 0.104 e. The van der Waals surface area contributed by atoms with Crippen molar-refractivity contribution in [3.05, 3.63) is 57.8 Å². The molecular formula is C17H19NOS. The summed E-state index contributed by atoms with van der Waals surface area (Å²) in [6.07, 6.45) is 0. The fourth-order valence-corrected chi connectivity index (χ4v) is 2.92. The lowest BCUT2D eigenvalue weighted by Crippen LogP contribution is -2.21. The molecule has 0 aliphatic carbocycles. The van der Waals surface area contributed by atoms with Gasteiger partial charge in [0.2, 0.25) is 0 Å². The van der Waals surface area contributed by atoms with Crippen LogP contribution in [-0.2, 0) is 13.1 Å². The maximum absolute atomic E-state index is 8.70. The number of aliphatic hydroxyl groups excluding tert-OH is 1. The molecule has 0 radical (unpaired) electrons. The summed E-state index contributed by atoms with van der Waals surface area (Å²) in [4.78, 5) is 4.74. The van der Waals surface area contributed by atoms with E-state index >= 15 is 0 Å². The Hall–Kier alpha value is -1.60. The van der Waals surface area contributed by atoms with Crippen LogP contribution in [0.15, 0.2) is 42.5 Å². The molecule has 1 aromatic heterocycles. The van der Waals surface area contributed by atoms with Crippen LogP contribution in [0, 0.1) is 11.8 Å². The molecule has 1 heterocycles. The Labute approximate surface area is 124 Å². The summed E-state index contributed by atoms with van der Waals surface area (Å²) in [5.41, 5.74) is 1.34. The average Bonchev–Trinajstić information content (AvgIpc) is 2.93. The molecule has 0 amide bonds. The molecule has 2 nitrogen and oxygen atoms in total. The van der Waals surface area contributed by atoms with Crippen molar-refractivity contribution in [3.63, 3.8) is 0 Å². The second-order valence-electron chi connectivity index (χ2n) is 4.51. The van der Waals surface area contributed by atoms with Gasteiger partial charge in [0.25, 0.3) is 0 Å². The van der Waals surface area contributed by atoms with Gasteiger partial charge in [-0.1, -0.05) is 49.1 Å². The predicted molar refractivity (Wildman–Crippen MR) is 84.5 cm³/mol. The Kier molecular flexibility index (Phi) is 5.82. The highest BCUT2D eigenvalue weighted by atomic mass is 32.1. The molecule has 0 atom stereocenters. The van der Waals surface area contributed by atoms with Crippen molar-refractivity contribution >= 4 is 11.3 Å². The number of rotatable bonds is 5. The van der Waals surface area contributed by atoms with Gasteiger partial charge in [0.15, 0.2) is 0 Å². The van der Waals surface area contributed by atoms with Crippen LogP contribution in [0.1, 0.15) is 22.2 Å². The van der Waals surface area contributed by atoms with Crippen LogP contribution in [0.2, 0.25) is 0 Å². The van der Waals surface area contributed by atoms with Crippen molar-refractivity contribution in [3.8, 4) is 11.8 Å². The molecule has 0 unspecified atom stereocenters. The normalized spacial score (nSPS) is 10.3. The molecule has 2 aromatic rings. The minimum Gasteiger partial charge on any atom is -0.384 e. The van der Waals surface area contributed by atoms with Gasteiger partial charge in [-0.3, -0.25) is 4.90 Å². The zero-order valence-corrected chi connectivity index (χ0v) is 12.5. The van der Waals surface area contributed by atoms with Gasteiger partial charge in [0.05, 0.1) is 4.88 Å². The van der Waals surface area contributed by atoms with E-state index in [1.54, 1.807) is 11.3 Å². The van der Waals surface area contributed by atoms with Gasteiger partial charge in [0.1, 0.15) is 6.61 Å². The van der Waals surface area contributed by atoms with Gasteiger partial charge in [-0.05, 0) is 24.2 Å². The van der Waals surface area contributed by atoms with E-state index in [1.807, 2.05) is 12.1 Å². The Morgan fingerprint density at radius 2 is 1.90 bits per heavy atom. The number of aliphatic hydroxyl groups is 1. The molecule has 0 fully saturated rings. The molecule has 0 aliphatic rings. The van der Waals surface area contributed by atoms with E-state index in [0.717, 1.165) is 24.5 Å². The standard InChI is InChI=1S/C17H19NOS/c1-2-18(13-15-7-4-3-5-8-15)14-17-11-10-16(20-17)9-6-12-19/h3-5,7-8,10-11,19H,2,12-14H2,1H3. The van der Waals surface area contributed by atoms with Crippen LogP contribution in [0.3, 0.4) is 0 Å². The van der Waals surface area contributed by atoms with Crippen molar-refractivity contribution in [2.75, 3.05) is 13.2 Å². The number of nitrogens with zero attached hydrogens (tertiary/aromatic N) is 1. The van der Waals surface area contributed by atoms with Crippen LogP contribution in [-0.4, -0.2) is 23.2 Å². The third kappa shape index (κ3) is 4.50. The summed E-state index contributed by atoms with van der Waals surface area (Å²) in [7, 11) is 0. The highest BCUT2D eigenvalue weighted by Gasteiger charge is 2.06. The second kappa shape index (κ2) is 7.86. The summed E-state index contributed by atoms with van der Waals surface area (Å²) in [6, 6.07) is 14.7. The maximum atomic E-state index is 8.70. The summed E-state index contributed by atoms with van der Waals surface area (Å²) in [6.45, 7) is 5.03. The van der Waals surface area contributed by atoms with E-state index in [9.17, 15) is 0 Å². The average molecular weight is 285 g/mol. The number of hydrogen-bond donors (Lipinski definition) is 1. The van der Waals surface area contributed by atoms with Crippen LogP contribution < -0.4 is 0 Å². The SMILES string of the molecule is CCN(Cc1ccccc1)Cc1ccc(C#CCO)s1. The zero-order valence-electron chi connectivity index (χ0n) is 11.7. The van der Waals surface area contributed by atoms with E-state index in [4.69, 9.17) is 5.11 Å². The number of benzene rings is 1. The summed E-state index contributed by atoms with van der Waals surface area (Å²) < 4.78 is 0. The first-order chi connectivity index (χ1) is 9.81. The molecule has 2 rings (SSSR count). The quantitative estimate of drug-likeness (QED) is 0.853. The first-order valence-electron chi connectivity index (χ1n) is 6.76. The molecule has 3 heteroatoms. The van der Waals surface area contributed by atoms with E-state index in [1.165, 1.54) is 10.4 Å². The molecule has 1 N–H and O–H groups in total. The van der Waals surface area contributed by atoms with E-state index in [2.05, 4.69) is 54.0 Å². The minimum atomic E-state index is -0.0810. The van der Waals surface area contributed by atoms with Gasteiger partial charge in [-0.15, -0.1) is 11.3 Å². The second-order valence-corrected chi connectivity index (χ2v) is 5.68. The van der Waals surface area contributed by atoms with Gasteiger partial charge < -0.3 is 5.11 Å². The summed E-state index contributed by atoms with van der Waals surface area (Å²) in [5, 5.41) is 8.70. The van der Waals surface area contributed by atoms with Gasteiger partial charge >= 0.3 is 0 Å². The molecule has 0 saturated heterocycles. The lowest BCUT2D eigenvalue weighted by molar-refractivity contribution is 0.274. The maximum Gasteiger partial charge on any atom is 0.104 e. The predicted octanol–water partition coefficient (Wildman–Crippen LogP) is 3.11. The molecule has 0 bridgehead atoms. The monoisotopic (exact) mass is 285 g/mol. The van der Waals surface area contributed by atoms with Crippen molar-refractivity contribution < 1.29 is 5.11 Å². The molecular weight excluding hydrogens is 266 g/mol. The Bertz CT molecular complexity index is 580. The van der Waals surface area contributed by atoms with Gasteiger partial charge in [0, 0.05) is 18.0 Å². The molecule has 20 heavy (non-hydrogen) atoms. The third-order valence-corrected chi connectivity index (χ3v) is 4.01. The van der Waals surface area contributed by atoms with Gasteiger partial charge in [-0.25, -0.2) is 0 Å². The Morgan fingerprint density at radius 1 is 1.10 bits per heavy atom. The summed E-state index contributed by atoms with van der Waals surface area (Å²) in [5.74, 6) is 5.64. The fraction of sp³-hybridized carbons (Fsp3) is 0.294. The first kappa shape index (κ1) is 14.8. The Morgan fingerprint density at radius 3 is 2.60 bits per heavy atom. The molecule has 1 aromatic carbocycles. The Balaban J connectivity index is 1.97. The minimum absolute atomic E-state index is 0.0810. The third-order valence-electron chi connectivity index (χ3n) is 3.03. The topological polar surface area (TPSA) is 23.5 Å². The highest BCUT2D eigenvalue weighted by Crippen LogP contribution is 2.18. The van der Waals surface area contributed by atoms with Crippen LogP contribution >= 0.6 is 11.3 Å². The van der Waals surface area contributed by atoms with E-state index in [-0.39, 0.29) is 6.61 Å². The van der Waals surface area contributed by atoms with Crippen molar-refractivity contribution in [1.82, 2.24) is 4.90 Å². The number of hydrogen-bond acceptors (Lipinski definition) is 3. The fourth-order valence-electron chi connectivity index (χ4n) is 2.00. The van der Waals surface area contributed by atoms with E-state index in [0.29, 0.717) is 0 Å². The summed E-state index contributed by atoms with van der Waals surface area (Å²) >= 11 is 1.70. The highest BCUT2D eigenvalue weighted by molar-refractivity contribution is 7.12. The van der Waals surface area contributed by atoms with Crippen LogP contribution in [0.4, 0.5) is 0 Å². The zero-order chi connectivity index (χ0) is 14.2. The molecule has 0 saturated carbocycles. The first-order valence-corrected chi connectivity index (χ1v) is 7.58. The lowest BCUT2D eigenvalue weighted by Gasteiger charge is -2.19. The van der Waals surface area contributed by atoms with Crippen LogP contribution in [0.5, 0.6) is 0 Å². The van der Waals surface area contributed by atoms with Crippen molar-refractivity contribution in [2.24, 2.45) is 0 Å².